The Morgan fingerprint density at radius 3 is 2.83 bits per heavy atom. The third kappa shape index (κ3) is 1.95. The van der Waals surface area contributed by atoms with Gasteiger partial charge in [-0.2, -0.15) is 0 Å². The SMILES string of the molecule is CC[C@H](O)[C@@H]1CC[C@H](C(N)=O)O1. The average Bonchev–Trinajstić information content (AvgIpc) is 2.51. The van der Waals surface area contributed by atoms with Crippen LogP contribution in [0.1, 0.15) is 26.2 Å². The van der Waals surface area contributed by atoms with Crippen LogP contribution in [-0.4, -0.2) is 29.3 Å². The number of primary amides is 1. The van der Waals surface area contributed by atoms with Gasteiger partial charge in [-0.3, -0.25) is 4.79 Å². The van der Waals surface area contributed by atoms with Gasteiger partial charge in [0.2, 0.25) is 5.91 Å². The highest BCUT2D eigenvalue weighted by Gasteiger charge is 2.32. The van der Waals surface area contributed by atoms with Crippen molar-refractivity contribution in [2.45, 2.75) is 44.5 Å². The van der Waals surface area contributed by atoms with E-state index in [0.29, 0.717) is 12.8 Å². The van der Waals surface area contributed by atoms with Crippen molar-refractivity contribution < 1.29 is 14.6 Å². The summed E-state index contributed by atoms with van der Waals surface area (Å²) in [5.41, 5.74) is 5.06. The fourth-order valence-corrected chi connectivity index (χ4v) is 1.42. The molecular formula is C8H15NO3. The first-order valence-electron chi connectivity index (χ1n) is 4.28. The number of ether oxygens (including phenoxy) is 1. The second-order valence-electron chi connectivity index (χ2n) is 3.12. The van der Waals surface area contributed by atoms with Crippen LogP contribution in [0.2, 0.25) is 0 Å². The molecule has 1 heterocycles. The van der Waals surface area contributed by atoms with Crippen molar-refractivity contribution in [1.82, 2.24) is 0 Å². The van der Waals surface area contributed by atoms with E-state index in [1.54, 1.807) is 0 Å². The van der Waals surface area contributed by atoms with Gasteiger partial charge < -0.3 is 15.6 Å². The van der Waals surface area contributed by atoms with Crippen molar-refractivity contribution in [1.29, 1.82) is 0 Å². The molecule has 1 aliphatic rings. The molecule has 0 spiro atoms. The Hall–Kier alpha value is -0.610. The van der Waals surface area contributed by atoms with Gasteiger partial charge in [0.15, 0.2) is 0 Å². The van der Waals surface area contributed by atoms with Crippen LogP contribution in [0.5, 0.6) is 0 Å². The Kier molecular flexibility index (Phi) is 3.05. The quantitative estimate of drug-likeness (QED) is 0.620. The zero-order valence-electron chi connectivity index (χ0n) is 7.19. The summed E-state index contributed by atoms with van der Waals surface area (Å²) >= 11 is 0. The molecule has 70 valence electrons. The highest BCUT2D eigenvalue weighted by Crippen LogP contribution is 2.22. The minimum absolute atomic E-state index is 0.201. The van der Waals surface area contributed by atoms with E-state index in [0.717, 1.165) is 6.42 Å². The molecule has 4 nitrogen and oxygen atoms in total. The van der Waals surface area contributed by atoms with Gasteiger partial charge in [0, 0.05) is 0 Å². The lowest BCUT2D eigenvalue weighted by Crippen LogP contribution is -2.31. The normalized spacial score (nSPS) is 31.8. The Labute approximate surface area is 71.7 Å². The molecule has 4 heteroatoms. The summed E-state index contributed by atoms with van der Waals surface area (Å²) in [5.74, 6) is -0.430. The zero-order valence-corrected chi connectivity index (χ0v) is 7.19. The molecule has 0 aromatic carbocycles. The third-order valence-electron chi connectivity index (χ3n) is 2.22. The van der Waals surface area contributed by atoms with Crippen molar-refractivity contribution in [3.8, 4) is 0 Å². The topological polar surface area (TPSA) is 72.5 Å². The Bertz CT molecular complexity index is 172. The Morgan fingerprint density at radius 1 is 1.75 bits per heavy atom. The van der Waals surface area contributed by atoms with Crippen molar-refractivity contribution in [3.63, 3.8) is 0 Å². The molecule has 0 aromatic heterocycles. The summed E-state index contributed by atoms with van der Waals surface area (Å²) in [6.45, 7) is 1.88. The Balaban J connectivity index is 2.40. The number of amides is 1. The fourth-order valence-electron chi connectivity index (χ4n) is 1.42. The summed E-state index contributed by atoms with van der Waals surface area (Å²) in [7, 11) is 0. The van der Waals surface area contributed by atoms with Gasteiger partial charge in [-0.05, 0) is 19.3 Å². The molecule has 1 fully saturated rings. The lowest BCUT2D eigenvalue weighted by Gasteiger charge is -2.16. The molecule has 12 heavy (non-hydrogen) atoms. The molecule has 0 aliphatic carbocycles. The summed E-state index contributed by atoms with van der Waals surface area (Å²) < 4.78 is 5.25. The summed E-state index contributed by atoms with van der Waals surface area (Å²) in [5, 5.41) is 9.38. The summed E-state index contributed by atoms with van der Waals surface area (Å²) in [4.78, 5) is 10.7. The number of hydrogen-bond donors (Lipinski definition) is 2. The second kappa shape index (κ2) is 3.87. The largest absolute Gasteiger partial charge is 0.390 e. The first kappa shape index (κ1) is 9.48. The number of aliphatic hydroxyl groups is 1. The van der Waals surface area contributed by atoms with Crippen LogP contribution >= 0.6 is 0 Å². The predicted molar refractivity (Wildman–Crippen MR) is 43.4 cm³/mol. The van der Waals surface area contributed by atoms with E-state index in [1.807, 2.05) is 6.92 Å². The average molecular weight is 173 g/mol. The van der Waals surface area contributed by atoms with E-state index in [2.05, 4.69) is 0 Å². The zero-order chi connectivity index (χ0) is 9.14. The second-order valence-corrected chi connectivity index (χ2v) is 3.12. The minimum atomic E-state index is -0.490. The molecule has 0 unspecified atom stereocenters. The minimum Gasteiger partial charge on any atom is -0.390 e. The van der Waals surface area contributed by atoms with Crippen LogP contribution < -0.4 is 5.73 Å². The van der Waals surface area contributed by atoms with Crippen LogP contribution in [0, 0.1) is 0 Å². The molecule has 3 atom stereocenters. The molecular weight excluding hydrogens is 158 g/mol. The highest BCUT2D eigenvalue weighted by atomic mass is 16.5. The molecule has 0 saturated carbocycles. The maximum Gasteiger partial charge on any atom is 0.246 e. The van der Waals surface area contributed by atoms with Crippen LogP contribution in [0.3, 0.4) is 0 Å². The van der Waals surface area contributed by atoms with Crippen LogP contribution in [-0.2, 0) is 9.53 Å². The smallest absolute Gasteiger partial charge is 0.246 e. The molecule has 3 N–H and O–H groups in total. The maximum atomic E-state index is 10.7. The van der Waals surface area contributed by atoms with Crippen molar-refractivity contribution in [3.05, 3.63) is 0 Å². The maximum absolute atomic E-state index is 10.7. The standard InChI is InChI=1S/C8H15NO3/c1-2-5(10)6-3-4-7(12-6)8(9)11/h5-7,10H,2-4H2,1H3,(H2,9,11)/t5-,6-,7+/m0/s1. The molecule has 0 aromatic rings. The molecule has 1 rings (SSSR count). The van der Waals surface area contributed by atoms with E-state index in [1.165, 1.54) is 0 Å². The lowest BCUT2D eigenvalue weighted by molar-refractivity contribution is -0.131. The van der Waals surface area contributed by atoms with Gasteiger partial charge in [0.25, 0.3) is 0 Å². The number of hydrogen-bond acceptors (Lipinski definition) is 3. The molecule has 0 bridgehead atoms. The summed E-state index contributed by atoms with van der Waals surface area (Å²) in [6.07, 6.45) is 0.855. The van der Waals surface area contributed by atoms with Crippen molar-refractivity contribution >= 4 is 5.91 Å². The third-order valence-corrected chi connectivity index (χ3v) is 2.22. The first-order chi connectivity index (χ1) is 5.65. The van der Waals surface area contributed by atoms with E-state index < -0.39 is 18.1 Å². The number of nitrogens with two attached hydrogens (primary N) is 1. The Morgan fingerprint density at radius 2 is 2.42 bits per heavy atom. The fraction of sp³-hybridized carbons (Fsp3) is 0.875. The van der Waals surface area contributed by atoms with Crippen LogP contribution in [0.25, 0.3) is 0 Å². The monoisotopic (exact) mass is 173 g/mol. The molecule has 1 aliphatic heterocycles. The number of aliphatic hydroxyl groups excluding tert-OH is 1. The first-order valence-corrected chi connectivity index (χ1v) is 4.28. The van der Waals surface area contributed by atoms with Gasteiger partial charge in [-0.1, -0.05) is 6.92 Å². The molecule has 1 amide bonds. The van der Waals surface area contributed by atoms with Crippen LogP contribution in [0.4, 0.5) is 0 Å². The highest BCUT2D eigenvalue weighted by molar-refractivity contribution is 5.79. The van der Waals surface area contributed by atoms with Gasteiger partial charge in [-0.25, -0.2) is 0 Å². The van der Waals surface area contributed by atoms with Crippen LogP contribution in [0.15, 0.2) is 0 Å². The number of rotatable bonds is 3. The van der Waals surface area contributed by atoms with Crippen molar-refractivity contribution in [2.24, 2.45) is 5.73 Å². The number of carbonyl (C=O) groups is 1. The summed E-state index contributed by atoms with van der Waals surface area (Å²) in [6, 6.07) is 0. The van der Waals surface area contributed by atoms with Crippen molar-refractivity contribution in [2.75, 3.05) is 0 Å². The number of carbonyl (C=O) groups excluding carboxylic acids is 1. The lowest BCUT2D eigenvalue weighted by atomic mass is 10.1. The van der Waals surface area contributed by atoms with E-state index in [4.69, 9.17) is 10.5 Å². The molecule has 0 radical (unpaired) electrons. The van der Waals surface area contributed by atoms with Gasteiger partial charge in [0.1, 0.15) is 6.10 Å². The van der Waals surface area contributed by atoms with Gasteiger partial charge in [-0.15, -0.1) is 0 Å². The molecule has 1 saturated heterocycles. The van der Waals surface area contributed by atoms with E-state index >= 15 is 0 Å². The van der Waals surface area contributed by atoms with Gasteiger partial charge >= 0.3 is 0 Å². The van der Waals surface area contributed by atoms with E-state index in [9.17, 15) is 9.90 Å². The van der Waals surface area contributed by atoms with E-state index in [-0.39, 0.29) is 6.10 Å². The predicted octanol–water partition coefficient (Wildman–Crippen LogP) is -0.210. The van der Waals surface area contributed by atoms with Gasteiger partial charge in [0.05, 0.1) is 12.2 Å².